The second kappa shape index (κ2) is 5.14. The highest BCUT2D eigenvalue weighted by atomic mass is 35.5. The molecule has 0 fully saturated rings. The molecule has 3 aromatic heterocycles. The van der Waals surface area contributed by atoms with Crippen molar-refractivity contribution in [3.63, 3.8) is 0 Å². The number of rotatable bonds is 4. The van der Waals surface area contributed by atoms with Gasteiger partial charge in [0, 0.05) is 12.3 Å². The van der Waals surface area contributed by atoms with E-state index in [1.807, 2.05) is 0 Å². The molecule has 0 aromatic carbocycles. The second-order valence-electron chi connectivity index (χ2n) is 4.40. The summed E-state index contributed by atoms with van der Waals surface area (Å²) in [5.74, 6) is 0.418. The summed E-state index contributed by atoms with van der Waals surface area (Å²) in [7, 11) is -3.83. The van der Waals surface area contributed by atoms with E-state index in [4.69, 9.17) is 16.1 Å². The van der Waals surface area contributed by atoms with E-state index in [1.165, 1.54) is 4.40 Å². The average Bonchev–Trinajstić information content (AvgIpc) is 2.99. The van der Waals surface area contributed by atoms with Gasteiger partial charge in [-0.1, -0.05) is 22.8 Å². The Morgan fingerprint density at radius 2 is 2.24 bits per heavy atom. The van der Waals surface area contributed by atoms with Crippen LogP contribution in [0.15, 0.2) is 40.0 Å². The molecule has 21 heavy (non-hydrogen) atoms. The lowest BCUT2D eigenvalue weighted by atomic mass is 10.4. The van der Waals surface area contributed by atoms with Crippen molar-refractivity contribution in [3.8, 4) is 0 Å². The summed E-state index contributed by atoms with van der Waals surface area (Å²) < 4.78 is 33.6. The van der Waals surface area contributed by atoms with Crippen molar-refractivity contribution >= 4 is 27.3 Å². The van der Waals surface area contributed by atoms with Gasteiger partial charge in [-0.05, 0) is 19.1 Å². The molecule has 3 aromatic rings. The maximum atomic E-state index is 12.4. The van der Waals surface area contributed by atoms with Crippen molar-refractivity contribution < 1.29 is 12.9 Å². The first-order valence-electron chi connectivity index (χ1n) is 6.02. The standard InChI is InChI=1S/C12H11ClN4O3S/c1-8-6-9(20-16-8)7-14-21(18,19)12-11(13)15-10-4-2-3-5-17(10)12/h2-6,14H,7H2,1H3. The monoisotopic (exact) mass is 326 g/mol. The Kier molecular flexibility index (Phi) is 3.44. The topological polar surface area (TPSA) is 89.5 Å². The Labute approximate surface area is 125 Å². The van der Waals surface area contributed by atoms with Crippen molar-refractivity contribution in [2.75, 3.05) is 0 Å². The number of sulfonamides is 1. The van der Waals surface area contributed by atoms with Gasteiger partial charge in [0.15, 0.2) is 15.9 Å². The molecule has 0 spiro atoms. The molecule has 0 radical (unpaired) electrons. The summed E-state index contributed by atoms with van der Waals surface area (Å²) in [5, 5.41) is 3.51. The predicted octanol–water partition coefficient (Wildman–Crippen LogP) is 1.76. The molecule has 1 N–H and O–H groups in total. The van der Waals surface area contributed by atoms with E-state index in [0.717, 1.165) is 0 Å². The normalized spacial score (nSPS) is 12.1. The molecule has 0 unspecified atom stereocenters. The van der Waals surface area contributed by atoms with Gasteiger partial charge < -0.3 is 4.52 Å². The number of aryl methyl sites for hydroxylation is 1. The van der Waals surface area contributed by atoms with Crippen LogP contribution >= 0.6 is 11.6 Å². The fourth-order valence-corrected chi connectivity index (χ4v) is 3.55. The first-order valence-corrected chi connectivity index (χ1v) is 7.88. The molecule has 3 heterocycles. The fourth-order valence-electron chi connectivity index (χ4n) is 1.92. The van der Waals surface area contributed by atoms with Crippen LogP contribution in [0.1, 0.15) is 11.5 Å². The SMILES string of the molecule is Cc1cc(CNS(=O)(=O)c2c(Cl)nc3ccccn23)on1. The van der Waals surface area contributed by atoms with E-state index in [-0.39, 0.29) is 16.7 Å². The lowest BCUT2D eigenvalue weighted by Gasteiger charge is -2.05. The number of imidazole rings is 1. The van der Waals surface area contributed by atoms with E-state index in [9.17, 15) is 8.42 Å². The minimum Gasteiger partial charge on any atom is -0.360 e. The highest BCUT2D eigenvalue weighted by Crippen LogP contribution is 2.22. The number of hydrogen-bond acceptors (Lipinski definition) is 5. The van der Waals surface area contributed by atoms with E-state index >= 15 is 0 Å². The molecule has 0 aliphatic heterocycles. The van der Waals surface area contributed by atoms with E-state index in [0.29, 0.717) is 17.1 Å². The van der Waals surface area contributed by atoms with Crippen LogP contribution < -0.4 is 4.72 Å². The number of hydrogen-bond donors (Lipinski definition) is 1. The van der Waals surface area contributed by atoms with Crippen LogP contribution in [0.2, 0.25) is 5.15 Å². The Morgan fingerprint density at radius 1 is 1.43 bits per heavy atom. The molecule has 0 bridgehead atoms. The third-order valence-electron chi connectivity index (χ3n) is 2.81. The molecule has 110 valence electrons. The summed E-state index contributed by atoms with van der Waals surface area (Å²) in [6.45, 7) is 1.74. The lowest BCUT2D eigenvalue weighted by Crippen LogP contribution is -2.24. The van der Waals surface area contributed by atoms with Gasteiger partial charge in [-0.15, -0.1) is 0 Å². The zero-order chi connectivity index (χ0) is 15.0. The molecule has 0 atom stereocenters. The van der Waals surface area contributed by atoms with Gasteiger partial charge in [0.2, 0.25) is 0 Å². The van der Waals surface area contributed by atoms with Crippen LogP contribution in [0.5, 0.6) is 0 Å². The number of fused-ring (bicyclic) bond motifs is 1. The van der Waals surface area contributed by atoms with Crippen molar-refractivity contribution in [1.29, 1.82) is 0 Å². The van der Waals surface area contributed by atoms with Crippen molar-refractivity contribution in [3.05, 3.63) is 47.1 Å². The van der Waals surface area contributed by atoms with Crippen molar-refractivity contribution in [2.45, 2.75) is 18.5 Å². The fraction of sp³-hybridized carbons (Fsp3) is 0.167. The molecule has 0 aliphatic carbocycles. The molecule has 0 saturated carbocycles. The van der Waals surface area contributed by atoms with Gasteiger partial charge in [-0.2, -0.15) is 0 Å². The van der Waals surface area contributed by atoms with Crippen LogP contribution in [-0.2, 0) is 16.6 Å². The summed E-state index contributed by atoms with van der Waals surface area (Å²) in [6.07, 6.45) is 1.58. The van der Waals surface area contributed by atoms with Gasteiger partial charge >= 0.3 is 0 Å². The van der Waals surface area contributed by atoms with E-state index in [2.05, 4.69) is 14.9 Å². The largest absolute Gasteiger partial charge is 0.360 e. The Balaban J connectivity index is 1.95. The smallest absolute Gasteiger partial charge is 0.260 e. The van der Waals surface area contributed by atoms with Crippen LogP contribution in [0.4, 0.5) is 0 Å². The van der Waals surface area contributed by atoms with Gasteiger partial charge in [-0.3, -0.25) is 4.40 Å². The third-order valence-corrected chi connectivity index (χ3v) is 4.61. The Morgan fingerprint density at radius 3 is 2.95 bits per heavy atom. The van der Waals surface area contributed by atoms with Crippen LogP contribution in [-0.4, -0.2) is 23.0 Å². The molecule has 0 saturated heterocycles. The average molecular weight is 327 g/mol. The van der Waals surface area contributed by atoms with Gasteiger partial charge in [0.25, 0.3) is 10.0 Å². The quantitative estimate of drug-likeness (QED) is 0.789. The first kappa shape index (κ1) is 14.1. The number of halogens is 1. The van der Waals surface area contributed by atoms with E-state index in [1.54, 1.807) is 37.4 Å². The highest BCUT2D eigenvalue weighted by Gasteiger charge is 2.24. The molecular weight excluding hydrogens is 316 g/mol. The number of pyridine rings is 1. The third kappa shape index (κ3) is 2.65. The second-order valence-corrected chi connectivity index (χ2v) is 6.44. The summed E-state index contributed by atoms with van der Waals surface area (Å²) in [6, 6.07) is 6.77. The molecule has 9 heteroatoms. The Bertz CT molecular complexity index is 900. The minimum absolute atomic E-state index is 0.0143. The molecule has 7 nitrogen and oxygen atoms in total. The van der Waals surface area contributed by atoms with Crippen molar-refractivity contribution in [2.24, 2.45) is 0 Å². The maximum absolute atomic E-state index is 12.4. The zero-order valence-corrected chi connectivity index (χ0v) is 12.5. The molecule has 0 amide bonds. The van der Waals surface area contributed by atoms with Crippen molar-refractivity contribution in [1.82, 2.24) is 19.3 Å². The molecule has 3 rings (SSSR count). The summed E-state index contributed by atoms with van der Waals surface area (Å²) in [5.41, 5.74) is 1.13. The number of nitrogens with one attached hydrogen (secondary N) is 1. The predicted molar refractivity (Wildman–Crippen MR) is 75.5 cm³/mol. The highest BCUT2D eigenvalue weighted by molar-refractivity contribution is 7.89. The molecular formula is C12H11ClN4O3S. The maximum Gasteiger partial charge on any atom is 0.260 e. The first-order chi connectivity index (χ1) is 9.97. The van der Waals surface area contributed by atoms with Crippen LogP contribution in [0.25, 0.3) is 5.65 Å². The van der Waals surface area contributed by atoms with Gasteiger partial charge in [0.1, 0.15) is 5.65 Å². The van der Waals surface area contributed by atoms with Crippen LogP contribution in [0.3, 0.4) is 0 Å². The minimum atomic E-state index is -3.83. The number of nitrogens with zero attached hydrogens (tertiary/aromatic N) is 3. The molecule has 0 aliphatic rings. The summed E-state index contributed by atoms with van der Waals surface area (Å²) >= 11 is 5.95. The zero-order valence-electron chi connectivity index (χ0n) is 10.9. The lowest BCUT2D eigenvalue weighted by molar-refractivity contribution is 0.377. The van der Waals surface area contributed by atoms with Crippen LogP contribution in [0, 0.1) is 6.92 Å². The van der Waals surface area contributed by atoms with Gasteiger partial charge in [0.05, 0.1) is 12.2 Å². The number of aromatic nitrogens is 3. The summed E-state index contributed by atoms with van der Waals surface area (Å²) in [4.78, 5) is 4.01. The van der Waals surface area contributed by atoms with E-state index < -0.39 is 10.0 Å². The van der Waals surface area contributed by atoms with Gasteiger partial charge in [-0.25, -0.2) is 18.1 Å². The Hall–Kier alpha value is -1.90.